The Morgan fingerprint density at radius 1 is 1.31 bits per heavy atom. The van der Waals surface area contributed by atoms with E-state index in [2.05, 4.69) is 10.2 Å². The molecule has 0 aliphatic heterocycles. The first kappa shape index (κ1) is 11.2. The summed E-state index contributed by atoms with van der Waals surface area (Å²) in [5.74, 6) is -1.20. The summed E-state index contributed by atoms with van der Waals surface area (Å²) in [5.41, 5.74) is -0.0998. The Morgan fingerprint density at radius 2 is 2.00 bits per heavy atom. The number of aliphatic hydroxyl groups is 1. The number of hydrogen-bond acceptors (Lipinski definition) is 3. The van der Waals surface area contributed by atoms with Crippen molar-refractivity contribution < 1.29 is 18.3 Å². The minimum Gasteiger partial charge on any atom is -0.390 e. The summed E-state index contributed by atoms with van der Waals surface area (Å²) in [6.45, 7) is -0.628. The molecule has 0 saturated heterocycles. The molecule has 0 radical (unpaired) electrons. The maximum absolute atomic E-state index is 12.6. The van der Waals surface area contributed by atoms with Crippen molar-refractivity contribution in [1.29, 1.82) is 0 Å². The Morgan fingerprint density at radius 3 is 2.56 bits per heavy atom. The highest BCUT2D eigenvalue weighted by molar-refractivity contribution is 6.31. The molecule has 2 aromatic rings. The van der Waals surface area contributed by atoms with Gasteiger partial charge in [-0.1, -0.05) is 11.6 Å². The lowest BCUT2D eigenvalue weighted by Crippen LogP contribution is -2.13. The Kier molecular flexibility index (Phi) is 2.51. The number of rotatable bonds is 1. The monoisotopic (exact) mass is 251 g/mol. The van der Waals surface area contributed by atoms with Crippen LogP contribution in [0.4, 0.5) is 13.2 Å². The molecule has 1 N–H and O–H groups in total. The van der Waals surface area contributed by atoms with Gasteiger partial charge in [-0.15, -0.1) is 10.2 Å². The molecule has 0 unspecified atom stereocenters. The number of aliphatic hydroxyl groups excluding tert-OH is 1. The van der Waals surface area contributed by atoms with E-state index in [0.717, 1.165) is 0 Å². The van der Waals surface area contributed by atoms with Crippen molar-refractivity contribution in [2.75, 3.05) is 0 Å². The number of alkyl halides is 3. The van der Waals surface area contributed by atoms with Gasteiger partial charge in [-0.3, -0.25) is 4.40 Å². The summed E-state index contributed by atoms with van der Waals surface area (Å²) < 4.78 is 38.4. The second-order valence-corrected chi connectivity index (χ2v) is 3.41. The lowest BCUT2D eigenvalue weighted by molar-refractivity contribution is -0.145. The van der Waals surface area contributed by atoms with E-state index in [1.54, 1.807) is 0 Å². The number of aromatic nitrogens is 3. The zero-order valence-electron chi connectivity index (χ0n) is 7.66. The minimum absolute atomic E-state index is 0.0132. The van der Waals surface area contributed by atoms with Gasteiger partial charge in [0.05, 0.1) is 17.3 Å². The standard InChI is InChI=1S/C8H5ClF3N3O/c9-4-1-2-6-13-14-7(8(10,11)12)15(6)5(4)3-16/h1-2,16H,3H2. The van der Waals surface area contributed by atoms with Crippen molar-refractivity contribution in [2.45, 2.75) is 12.8 Å². The Hall–Kier alpha value is -1.34. The summed E-state index contributed by atoms with van der Waals surface area (Å²) in [5, 5.41) is 15.4. The van der Waals surface area contributed by atoms with E-state index in [4.69, 9.17) is 16.7 Å². The Labute approximate surface area is 92.3 Å². The highest BCUT2D eigenvalue weighted by Gasteiger charge is 2.37. The first-order chi connectivity index (χ1) is 7.45. The zero-order valence-corrected chi connectivity index (χ0v) is 8.42. The van der Waals surface area contributed by atoms with Crippen LogP contribution >= 0.6 is 11.6 Å². The fourth-order valence-electron chi connectivity index (χ4n) is 1.35. The Balaban J connectivity index is 2.83. The first-order valence-corrected chi connectivity index (χ1v) is 4.53. The maximum Gasteiger partial charge on any atom is 0.452 e. The molecule has 0 aromatic carbocycles. The SMILES string of the molecule is OCc1c(Cl)ccc2nnc(C(F)(F)F)n12. The molecule has 0 aliphatic carbocycles. The normalized spacial score (nSPS) is 12.3. The van der Waals surface area contributed by atoms with Crippen molar-refractivity contribution >= 4 is 17.2 Å². The van der Waals surface area contributed by atoms with Crippen LogP contribution in [0.3, 0.4) is 0 Å². The third-order valence-corrected chi connectivity index (χ3v) is 2.36. The van der Waals surface area contributed by atoms with Crippen LogP contribution in [0.1, 0.15) is 11.5 Å². The highest BCUT2D eigenvalue weighted by atomic mass is 35.5. The first-order valence-electron chi connectivity index (χ1n) is 4.15. The van der Waals surface area contributed by atoms with E-state index in [9.17, 15) is 13.2 Å². The number of fused-ring (bicyclic) bond motifs is 1. The van der Waals surface area contributed by atoms with E-state index in [0.29, 0.717) is 4.40 Å². The van der Waals surface area contributed by atoms with Gasteiger partial charge in [-0.05, 0) is 12.1 Å². The van der Waals surface area contributed by atoms with Crippen molar-refractivity contribution in [3.63, 3.8) is 0 Å². The molecule has 0 amide bonds. The smallest absolute Gasteiger partial charge is 0.390 e. The molecule has 0 fully saturated rings. The van der Waals surface area contributed by atoms with Gasteiger partial charge in [0.25, 0.3) is 0 Å². The molecular formula is C8H5ClF3N3O. The van der Waals surface area contributed by atoms with Gasteiger partial charge in [0.2, 0.25) is 5.82 Å². The molecule has 2 aromatic heterocycles. The van der Waals surface area contributed by atoms with E-state index >= 15 is 0 Å². The zero-order chi connectivity index (χ0) is 11.9. The lowest BCUT2D eigenvalue weighted by Gasteiger charge is -2.08. The van der Waals surface area contributed by atoms with E-state index in [1.807, 2.05) is 0 Å². The summed E-state index contributed by atoms with van der Waals surface area (Å²) >= 11 is 5.68. The van der Waals surface area contributed by atoms with E-state index < -0.39 is 18.6 Å². The van der Waals surface area contributed by atoms with Crippen LogP contribution in [0, 0.1) is 0 Å². The summed E-state index contributed by atoms with van der Waals surface area (Å²) in [6, 6.07) is 2.65. The van der Waals surface area contributed by atoms with Gasteiger partial charge in [0.15, 0.2) is 5.65 Å². The molecule has 0 bridgehead atoms. The van der Waals surface area contributed by atoms with Gasteiger partial charge in [0.1, 0.15) is 0 Å². The second kappa shape index (κ2) is 3.60. The third kappa shape index (κ3) is 1.61. The fourth-order valence-corrected chi connectivity index (χ4v) is 1.56. The van der Waals surface area contributed by atoms with Gasteiger partial charge in [0, 0.05) is 0 Å². The summed E-state index contributed by atoms with van der Waals surface area (Å²) in [6.07, 6.45) is -4.64. The molecule has 16 heavy (non-hydrogen) atoms. The van der Waals surface area contributed by atoms with Crippen molar-refractivity contribution in [2.24, 2.45) is 0 Å². The highest BCUT2D eigenvalue weighted by Crippen LogP contribution is 2.30. The third-order valence-electron chi connectivity index (χ3n) is 2.02. The topological polar surface area (TPSA) is 50.4 Å². The Bertz CT molecular complexity index is 537. The molecule has 2 rings (SSSR count). The van der Waals surface area contributed by atoms with Crippen LogP contribution in [-0.4, -0.2) is 19.7 Å². The average molecular weight is 252 g/mol. The van der Waals surface area contributed by atoms with Crippen LogP contribution in [-0.2, 0) is 12.8 Å². The van der Waals surface area contributed by atoms with Crippen molar-refractivity contribution in [3.05, 3.63) is 28.7 Å². The summed E-state index contributed by atoms with van der Waals surface area (Å²) in [7, 11) is 0. The fraction of sp³-hybridized carbons (Fsp3) is 0.250. The van der Waals surface area contributed by atoms with Crippen LogP contribution in [0.5, 0.6) is 0 Å². The van der Waals surface area contributed by atoms with Gasteiger partial charge >= 0.3 is 6.18 Å². The average Bonchev–Trinajstić information content (AvgIpc) is 2.60. The number of pyridine rings is 1. The maximum atomic E-state index is 12.6. The molecule has 4 nitrogen and oxygen atoms in total. The molecule has 86 valence electrons. The molecule has 0 saturated carbocycles. The molecule has 8 heteroatoms. The van der Waals surface area contributed by atoms with Crippen molar-refractivity contribution in [1.82, 2.24) is 14.6 Å². The number of halogens is 4. The van der Waals surface area contributed by atoms with Crippen LogP contribution in [0.15, 0.2) is 12.1 Å². The van der Waals surface area contributed by atoms with Crippen LogP contribution in [0.25, 0.3) is 5.65 Å². The van der Waals surface area contributed by atoms with Gasteiger partial charge < -0.3 is 5.11 Å². The van der Waals surface area contributed by atoms with Gasteiger partial charge in [-0.25, -0.2) is 0 Å². The number of hydrogen-bond donors (Lipinski definition) is 1. The van der Waals surface area contributed by atoms with E-state index in [-0.39, 0.29) is 16.4 Å². The summed E-state index contributed by atoms with van der Waals surface area (Å²) in [4.78, 5) is 0. The van der Waals surface area contributed by atoms with Gasteiger partial charge in [-0.2, -0.15) is 13.2 Å². The minimum atomic E-state index is -4.64. The molecule has 0 spiro atoms. The molecular weight excluding hydrogens is 247 g/mol. The molecule has 0 atom stereocenters. The van der Waals surface area contributed by atoms with Crippen molar-refractivity contribution in [3.8, 4) is 0 Å². The largest absolute Gasteiger partial charge is 0.452 e. The van der Waals surface area contributed by atoms with Crippen LogP contribution < -0.4 is 0 Å². The second-order valence-electron chi connectivity index (χ2n) is 3.00. The molecule has 0 aliphatic rings. The quantitative estimate of drug-likeness (QED) is 0.842. The number of nitrogens with zero attached hydrogens (tertiary/aromatic N) is 3. The predicted octanol–water partition coefficient (Wildman–Crippen LogP) is 1.89. The van der Waals surface area contributed by atoms with E-state index in [1.165, 1.54) is 12.1 Å². The van der Waals surface area contributed by atoms with Crippen LogP contribution in [0.2, 0.25) is 5.02 Å². The predicted molar refractivity (Wildman–Crippen MR) is 48.9 cm³/mol. The lowest BCUT2D eigenvalue weighted by atomic mass is 10.3. The molecule has 2 heterocycles.